The largest absolute Gasteiger partial charge is 0.461 e. The molecule has 2 aromatic rings. The predicted octanol–water partition coefficient (Wildman–Crippen LogP) is 2.58. The maximum Gasteiger partial charge on any atom is 0.354 e. The van der Waals surface area contributed by atoms with Gasteiger partial charge in [0.1, 0.15) is 5.69 Å². The Balaban J connectivity index is 1.89. The Morgan fingerprint density at radius 3 is 2.71 bits per heavy atom. The molecule has 1 aliphatic heterocycles. The molecule has 1 aromatic carbocycles. The predicted molar refractivity (Wildman–Crippen MR) is 79.4 cm³/mol. The van der Waals surface area contributed by atoms with Gasteiger partial charge in [-0.05, 0) is 44.0 Å². The van der Waals surface area contributed by atoms with Crippen LogP contribution in [0.25, 0.3) is 10.9 Å². The molecule has 1 aliphatic rings. The third kappa shape index (κ3) is 2.63. The van der Waals surface area contributed by atoms with E-state index in [1.807, 2.05) is 17.0 Å². The van der Waals surface area contributed by atoms with Gasteiger partial charge in [0.2, 0.25) is 0 Å². The molecule has 1 aromatic heterocycles. The van der Waals surface area contributed by atoms with Gasteiger partial charge in [-0.3, -0.25) is 4.79 Å². The highest BCUT2D eigenvalue weighted by Crippen LogP contribution is 2.20. The Labute approximate surface area is 122 Å². The highest BCUT2D eigenvalue weighted by Gasteiger charge is 2.20. The van der Waals surface area contributed by atoms with E-state index in [0.29, 0.717) is 17.9 Å². The number of esters is 1. The van der Waals surface area contributed by atoms with Gasteiger partial charge in [0, 0.05) is 29.6 Å². The first-order chi connectivity index (χ1) is 10.2. The SMILES string of the molecule is CCOC(=O)c1cc2cc(C(=O)N3CCCC3)ccc2[nH]1. The molecule has 0 radical (unpaired) electrons. The van der Waals surface area contributed by atoms with Crippen molar-refractivity contribution in [2.24, 2.45) is 0 Å². The first-order valence-electron chi connectivity index (χ1n) is 7.28. The smallest absolute Gasteiger partial charge is 0.354 e. The van der Waals surface area contributed by atoms with Gasteiger partial charge in [0.15, 0.2) is 0 Å². The molecule has 5 nitrogen and oxygen atoms in total. The van der Waals surface area contributed by atoms with Crippen LogP contribution in [0.15, 0.2) is 24.3 Å². The van der Waals surface area contributed by atoms with E-state index in [9.17, 15) is 9.59 Å². The van der Waals surface area contributed by atoms with Crippen LogP contribution in [-0.2, 0) is 4.74 Å². The van der Waals surface area contributed by atoms with Crippen LogP contribution in [0.3, 0.4) is 0 Å². The first-order valence-corrected chi connectivity index (χ1v) is 7.28. The van der Waals surface area contributed by atoms with Crippen molar-refractivity contribution in [3.63, 3.8) is 0 Å². The van der Waals surface area contributed by atoms with Crippen LogP contribution in [-0.4, -0.2) is 41.5 Å². The van der Waals surface area contributed by atoms with E-state index in [0.717, 1.165) is 36.8 Å². The minimum Gasteiger partial charge on any atom is -0.461 e. The van der Waals surface area contributed by atoms with Crippen LogP contribution >= 0.6 is 0 Å². The number of rotatable bonds is 3. The van der Waals surface area contributed by atoms with Crippen LogP contribution in [0.4, 0.5) is 0 Å². The molecule has 0 bridgehead atoms. The second-order valence-electron chi connectivity index (χ2n) is 5.20. The summed E-state index contributed by atoms with van der Waals surface area (Å²) in [5, 5.41) is 0.850. The van der Waals surface area contributed by atoms with Crippen molar-refractivity contribution in [1.82, 2.24) is 9.88 Å². The highest BCUT2D eigenvalue weighted by molar-refractivity contribution is 6.00. The van der Waals surface area contributed by atoms with Gasteiger partial charge in [0.25, 0.3) is 5.91 Å². The van der Waals surface area contributed by atoms with Crippen molar-refractivity contribution >= 4 is 22.8 Å². The van der Waals surface area contributed by atoms with Crippen molar-refractivity contribution in [2.75, 3.05) is 19.7 Å². The molecule has 0 aliphatic carbocycles. The van der Waals surface area contributed by atoms with Gasteiger partial charge in [-0.1, -0.05) is 0 Å². The van der Waals surface area contributed by atoms with E-state index in [4.69, 9.17) is 4.74 Å². The number of ether oxygens (including phenoxy) is 1. The average molecular weight is 286 g/mol. The molecule has 1 fully saturated rings. The monoisotopic (exact) mass is 286 g/mol. The minimum atomic E-state index is -0.374. The summed E-state index contributed by atoms with van der Waals surface area (Å²) in [4.78, 5) is 29.0. The number of fused-ring (bicyclic) bond motifs is 1. The molecule has 0 saturated carbocycles. The average Bonchev–Trinajstić information content (AvgIpc) is 3.15. The molecule has 1 amide bonds. The topological polar surface area (TPSA) is 62.4 Å². The number of carbonyl (C=O) groups is 2. The maximum absolute atomic E-state index is 12.4. The summed E-state index contributed by atoms with van der Waals surface area (Å²) >= 11 is 0. The number of nitrogens with one attached hydrogen (secondary N) is 1. The Morgan fingerprint density at radius 1 is 1.24 bits per heavy atom. The van der Waals surface area contributed by atoms with E-state index in [2.05, 4.69) is 4.98 Å². The quantitative estimate of drug-likeness (QED) is 0.882. The summed E-state index contributed by atoms with van der Waals surface area (Å²) in [6.07, 6.45) is 2.15. The number of nitrogens with zero attached hydrogens (tertiary/aromatic N) is 1. The normalized spacial score (nSPS) is 14.6. The lowest BCUT2D eigenvalue weighted by molar-refractivity contribution is 0.0520. The fourth-order valence-electron chi connectivity index (χ4n) is 2.69. The summed E-state index contributed by atoms with van der Waals surface area (Å²) in [7, 11) is 0. The van der Waals surface area contributed by atoms with Crippen LogP contribution in [0.1, 0.15) is 40.6 Å². The van der Waals surface area contributed by atoms with Crippen LogP contribution in [0, 0.1) is 0 Å². The van der Waals surface area contributed by atoms with Gasteiger partial charge in [-0.25, -0.2) is 4.79 Å². The molecule has 0 atom stereocenters. The molecular weight excluding hydrogens is 268 g/mol. The fourth-order valence-corrected chi connectivity index (χ4v) is 2.69. The summed E-state index contributed by atoms with van der Waals surface area (Å²) in [5.74, 6) is -0.311. The van der Waals surface area contributed by atoms with E-state index >= 15 is 0 Å². The summed E-state index contributed by atoms with van der Waals surface area (Å²) in [6.45, 7) is 3.77. The van der Waals surface area contributed by atoms with Crippen LogP contribution in [0.5, 0.6) is 0 Å². The summed E-state index contributed by atoms with van der Waals surface area (Å²) in [6, 6.07) is 7.19. The Hall–Kier alpha value is -2.30. The van der Waals surface area contributed by atoms with Crippen molar-refractivity contribution in [1.29, 1.82) is 0 Å². The molecule has 3 rings (SSSR count). The Morgan fingerprint density at radius 2 is 2.00 bits per heavy atom. The molecule has 110 valence electrons. The number of benzene rings is 1. The molecule has 5 heteroatoms. The van der Waals surface area contributed by atoms with Gasteiger partial charge in [-0.2, -0.15) is 0 Å². The third-order valence-corrected chi connectivity index (χ3v) is 3.76. The second-order valence-corrected chi connectivity index (χ2v) is 5.20. The van der Waals surface area contributed by atoms with Gasteiger partial charge in [0.05, 0.1) is 6.61 Å². The second kappa shape index (κ2) is 5.60. The third-order valence-electron chi connectivity index (χ3n) is 3.76. The summed E-state index contributed by atoms with van der Waals surface area (Å²) in [5.41, 5.74) is 1.91. The lowest BCUT2D eigenvalue weighted by Gasteiger charge is -2.14. The first kappa shape index (κ1) is 13.7. The van der Waals surface area contributed by atoms with Gasteiger partial charge >= 0.3 is 5.97 Å². The van der Waals surface area contributed by atoms with Crippen molar-refractivity contribution < 1.29 is 14.3 Å². The zero-order valence-electron chi connectivity index (χ0n) is 12.0. The molecule has 2 heterocycles. The molecule has 0 unspecified atom stereocenters. The Kier molecular flexibility index (Phi) is 3.64. The van der Waals surface area contributed by atoms with E-state index < -0.39 is 0 Å². The lowest BCUT2D eigenvalue weighted by atomic mass is 10.1. The minimum absolute atomic E-state index is 0.0632. The number of hydrogen-bond acceptors (Lipinski definition) is 3. The molecule has 1 N–H and O–H groups in total. The number of aromatic amines is 1. The molecule has 1 saturated heterocycles. The maximum atomic E-state index is 12.4. The number of likely N-dealkylation sites (tertiary alicyclic amines) is 1. The lowest BCUT2D eigenvalue weighted by Crippen LogP contribution is -2.27. The van der Waals surface area contributed by atoms with Crippen molar-refractivity contribution in [2.45, 2.75) is 19.8 Å². The van der Waals surface area contributed by atoms with Crippen molar-refractivity contribution in [3.8, 4) is 0 Å². The fraction of sp³-hybridized carbons (Fsp3) is 0.375. The molecule has 21 heavy (non-hydrogen) atoms. The zero-order chi connectivity index (χ0) is 14.8. The molecule has 0 spiro atoms. The number of amides is 1. The van der Waals surface area contributed by atoms with E-state index in [1.54, 1.807) is 19.1 Å². The van der Waals surface area contributed by atoms with Crippen LogP contribution < -0.4 is 0 Å². The Bertz CT molecular complexity index is 684. The number of hydrogen-bond donors (Lipinski definition) is 1. The van der Waals surface area contributed by atoms with Gasteiger partial charge < -0.3 is 14.6 Å². The van der Waals surface area contributed by atoms with E-state index in [1.165, 1.54) is 0 Å². The summed E-state index contributed by atoms with van der Waals surface area (Å²) < 4.78 is 4.97. The number of carbonyl (C=O) groups excluding carboxylic acids is 2. The van der Waals surface area contributed by atoms with Crippen LogP contribution in [0.2, 0.25) is 0 Å². The van der Waals surface area contributed by atoms with Gasteiger partial charge in [-0.15, -0.1) is 0 Å². The standard InChI is InChI=1S/C16H18N2O3/c1-2-21-16(20)14-10-12-9-11(5-6-13(12)17-14)15(19)18-7-3-4-8-18/h5-6,9-10,17H,2-4,7-8H2,1H3. The zero-order valence-corrected chi connectivity index (χ0v) is 12.0. The highest BCUT2D eigenvalue weighted by atomic mass is 16.5. The number of aromatic nitrogens is 1. The van der Waals surface area contributed by atoms with Crippen molar-refractivity contribution in [3.05, 3.63) is 35.5 Å². The van der Waals surface area contributed by atoms with E-state index in [-0.39, 0.29) is 11.9 Å². The number of H-pyrrole nitrogens is 1. The molecular formula is C16H18N2O3.